The first-order valence-electron chi connectivity index (χ1n) is 2.80. The summed E-state index contributed by atoms with van der Waals surface area (Å²) >= 11 is 0. The number of aromatic nitrogens is 1. The standard InChI is InChI=1S/C6H7N2O2/c1-7-6(9)4-5-2-3-8-10-5/h2-4H,1H3,(H,7,9). The van der Waals surface area contributed by atoms with Crippen LogP contribution in [0, 0.1) is 6.42 Å². The Balaban J connectivity index is 2.48. The molecule has 10 heavy (non-hydrogen) atoms. The van der Waals surface area contributed by atoms with E-state index in [9.17, 15) is 4.79 Å². The number of hydrogen-bond acceptors (Lipinski definition) is 3. The van der Waals surface area contributed by atoms with Crippen LogP contribution in [-0.4, -0.2) is 18.1 Å². The van der Waals surface area contributed by atoms with Crippen LogP contribution in [-0.2, 0) is 4.79 Å². The molecule has 0 spiro atoms. The van der Waals surface area contributed by atoms with Gasteiger partial charge >= 0.3 is 0 Å². The summed E-state index contributed by atoms with van der Waals surface area (Å²) in [4.78, 5) is 10.6. The van der Waals surface area contributed by atoms with Crippen molar-refractivity contribution in [2.24, 2.45) is 0 Å². The first-order valence-corrected chi connectivity index (χ1v) is 2.80. The summed E-state index contributed by atoms with van der Waals surface area (Å²) in [5, 5.41) is 5.84. The molecule has 4 nitrogen and oxygen atoms in total. The molecule has 1 heterocycles. The molecule has 1 radical (unpaired) electrons. The van der Waals surface area contributed by atoms with Crippen LogP contribution in [0.3, 0.4) is 0 Å². The first kappa shape index (κ1) is 6.80. The Bertz CT molecular complexity index is 206. The van der Waals surface area contributed by atoms with Gasteiger partial charge in [0.05, 0.1) is 6.20 Å². The van der Waals surface area contributed by atoms with Crippen molar-refractivity contribution in [1.29, 1.82) is 0 Å². The third-order valence-electron chi connectivity index (χ3n) is 0.978. The first-order chi connectivity index (χ1) is 4.83. The lowest BCUT2D eigenvalue weighted by Gasteiger charge is -1.91. The van der Waals surface area contributed by atoms with Crippen molar-refractivity contribution < 1.29 is 9.32 Å². The van der Waals surface area contributed by atoms with Crippen LogP contribution in [0.5, 0.6) is 0 Å². The molecule has 0 aromatic carbocycles. The number of carbonyl (C=O) groups excluding carboxylic acids is 1. The third kappa shape index (κ3) is 1.58. The third-order valence-corrected chi connectivity index (χ3v) is 0.978. The molecule has 1 N–H and O–H groups in total. The Kier molecular flexibility index (Phi) is 2.04. The summed E-state index contributed by atoms with van der Waals surface area (Å²) in [7, 11) is 1.55. The van der Waals surface area contributed by atoms with E-state index in [0.717, 1.165) is 0 Å². The monoisotopic (exact) mass is 139 g/mol. The van der Waals surface area contributed by atoms with Gasteiger partial charge in [-0.2, -0.15) is 0 Å². The van der Waals surface area contributed by atoms with Gasteiger partial charge in [-0.05, 0) is 0 Å². The van der Waals surface area contributed by atoms with Gasteiger partial charge in [0.15, 0.2) is 0 Å². The predicted molar refractivity (Wildman–Crippen MR) is 34.0 cm³/mol. The number of carbonyl (C=O) groups is 1. The minimum atomic E-state index is -0.197. The zero-order valence-electron chi connectivity index (χ0n) is 5.50. The molecule has 0 aliphatic carbocycles. The van der Waals surface area contributed by atoms with E-state index >= 15 is 0 Å². The molecule has 0 unspecified atom stereocenters. The molecule has 0 fully saturated rings. The topological polar surface area (TPSA) is 55.1 Å². The number of amides is 1. The summed E-state index contributed by atoms with van der Waals surface area (Å²) < 4.78 is 4.64. The van der Waals surface area contributed by atoms with E-state index in [2.05, 4.69) is 15.0 Å². The smallest absolute Gasteiger partial charge is 0.231 e. The second-order valence-electron chi connectivity index (χ2n) is 1.67. The van der Waals surface area contributed by atoms with Crippen molar-refractivity contribution in [3.63, 3.8) is 0 Å². The summed E-state index contributed by atoms with van der Waals surface area (Å²) in [6, 6.07) is 1.61. The van der Waals surface area contributed by atoms with Crippen LogP contribution in [0.4, 0.5) is 0 Å². The van der Waals surface area contributed by atoms with E-state index < -0.39 is 0 Å². The maximum Gasteiger partial charge on any atom is 0.231 e. The molecule has 0 bridgehead atoms. The molecule has 0 saturated carbocycles. The fraction of sp³-hybridized carbons (Fsp3) is 0.167. The van der Waals surface area contributed by atoms with Crippen LogP contribution >= 0.6 is 0 Å². The summed E-state index contributed by atoms with van der Waals surface area (Å²) in [5.74, 6) is 0.260. The van der Waals surface area contributed by atoms with Crippen molar-refractivity contribution in [3.05, 3.63) is 24.4 Å². The molecule has 0 aliphatic heterocycles. The normalized spacial score (nSPS) is 9.30. The van der Waals surface area contributed by atoms with E-state index in [1.165, 1.54) is 12.6 Å². The highest BCUT2D eigenvalue weighted by Crippen LogP contribution is 1.98. The minimum Gasteiger partial charge on any atom is -0.361 e. The summed E-state index contributed by atoms with van der Waals surface area (Å²) in [5.41, 5.74) is 0. The molecular formula is C6H7N2O2. The van der Waals surface area contributed by atoms with Gasteiger partial charge in [-0.15, -0.1) is 0 Å². The molecule has 0 saturated heterocycles. The lowest BCUT2D eigenvalue weighted by molar-refractivity contribution is -0.117. The van der Waals surface area contributed by atoms with Gasteiger partial charge in [-0.1, -0.05) is 5.16 Å². The number of likely N-dealkylation sites (N-methyl/N-ethyl adjacent to an activating group) is 1. The van der Waals surface area contributed by atoms with Crippen LogP contribution in [0.1, 0.15) is 5.76 Å². The summed E-state index contributed by atoms with van der Waals surface area (Å²) in [6.07, 6.45) is 2.81. The van der Waals surface area contributed by atoms with Gasteiger partial charge in [0, 0.05) is 13.1 Å². The van der Waals surface area contributed by atoms with Crippen molar-refractivity contribution in [1.82, 2.24) is 10.5 Å². The lowest BCUT2D eigenvalue weighted by atomic mass is 10.3. The second kappa shape index (κ2) is 3.00. The predicted octanol–water partition coefficient (Wildman–Crippen LogP) is -0.0270. The van der Waals surface area contributed by atoms with E-state index in [0.29, 0.717) is 5.76 Å². The molecule has 1 aromatic rings. The van der Waals surface area contributed by atoms with Crippen LogP contribution in [0.15, 0.2) is 16.8 Å². The molecule has 4 heteroatoms. The largest absolute Gasteiger partial charge is 0.361 e. The fourth-order valence-electron chi connectivity index (χ4n) is 0.501. The van der Waals surface area contributed by atoms with Crippen molar-refractivity contribution in [2.45, 2.75) is 0 Å². The Morgan fingerprint density at radius 3 is 3.20 bits per heavy atom. The molecule has 0 atom stereocenters. The van der Waals surface area contributed by atoms with Gasteiger partial charge in [-0.25, -0.2) is 0 Å². The highest BCUT2D eigenvalue weighted by atomic mass is 16.5. The number of nitrogens with one attached hydrogen (secondary N) is 1. The SMILES string of the molecule is CNC(=O)[CH]c1ccno1. The number of hydrogen-bond donors (Lipinski definition) is 1. The van der Waals surface area contributed by atoms with Crippen molar-refractivity contribution >= 4 is 5.91 Å². The zero-order chi connectivity index (χ0) is 7.40. The van der Waals surface area contributed by atoms with Gasteiger partial charge in [0.1, 0.15) is 12.2 Å². The van der Waals surface area contributed by atoms with Gasteiger partial charge < -0.3 is 9.84 Å². The Morgan fingerprint density at radius 2 is 2.70 bits per heavy atom. The average molecular weight is 139 g/mol. The molecule has 1 amide bonds. The van der Waals surface area contributed by atoms with Crippen LogP contribution in [0.2, 0.25) is 0 Å². The van der Waals surface area contributed by atoms with Gasteiger partial charge in [0.25, 0.3) is 0 Å². The maximum atomic E-state index is 10.6. The second-order valence-corrected chi connectivity index (χ2v) is 1.67. The van der Waals surface area contributed by atoms with E-state index in [1.807, 2.05) is 0 Å². The van der Waals surface area contributed by atoms with Crippen molar-refractivity contribution in [3.8, 4) is 0 Å². The Hall–Kier alpha value is -1.32. The van der Waals surface area contributed by atoms with Gasteiger partial charge in [0.2, 0.25) is 5.91 Å². The molecular weight excluding hydrogens is 132 g/mol. The maximum absolute atomic E-state index is 10.6. The van der Waals surface area contributed by atoms with E-state index in [4.69, 9.17) is 0 Å². The highest BCUT2D eigenvalue weighted by Gasteiger charge is 2.03. The quantitative estimate of drug-likeness (QED) is 0.626. The van der Waals surface area contributed by atoms with Crippen LogP contribution < -0.4 is 5.32 Å². The minimum absolute atomic E-state index is 0.197. The fourth-order valence-corrected chi connectivity index (χ4v) is 0.501. The van der Waals surface area contributed by atoms with Crippen molar-refractivity contribution in [2.75, 3.05) is 7.05 Å². The lowest BCUT2D eigenvalue weighted by Crippen LogP contribution is -2.17. The number of rotatable bonds is 2. The summed E-state index contributed by atoms with van der Waals surface area (Å²) in [6.45, 7) is 0. The molecule has 0 aliphatic rings. The van der Waals surface area contributed by atoms with Gasteiger partial charge in [-0.3, -0.25) is 4.79 Å². The Labute approximate surface area is 58.2 Å². The van der Waals surface area contributed by atoms with Crippen LogP contribution in [0.25, 0.3) is 0 Å². The molecule has 53 valence electrons. The molecule has 1 aromatic heterocycles. The van der Waals surface area contributed by atoms with E-state index in [-0.39, 0.29) is 5.91 Å². The highest BCUT2D eigenvalue weighted by molar-refractivity contribution is 5.87. The zero-order valence-corrected chi connectivity index (χ0v) is 5.50. The van der Waals surface area contributed by atoms with E-state index in [1.54, 1.807) is 13.1 Å². The molecule has 1 rings (SSSR count). The number of nitrogens with zero attached hydrogens (tertiary/aromatic N) is 1. The average Bonchev–Trinajstić information content (AvgIpc) is 2.40. The Morgan fingerprint density at radius 1 is 1.90 bits per heavy atom.